The van der Waals surface area contributed by atoms with Crippen LogP contribution in [-0.4, -0.2) is 36.0 Å². The third kappa shape index (κ3) is 3.82. The molecule has 0 atom stereocenters. The summed E-state index contributed by atoms with van der Waals surface area (Å²) >= 11 is 0. The molecule has 1 heterocycles. The van der Waals surface area contributed by atoms with Gasteiger partial charge in [0.15, 0.2) is 0 Å². The highest BCUT2D eigenvalue weighted by Gasteiger charge is 2.12. The lowest BCUT2D eigenvalue weighted by molar-refractivity contribution is -0.383. The number of nitrogens with two attached hydrogens (primary N) is 1. The van der Waals surface area contributed by atoms with Gasteiger partial charge in [-0.15, -0.1) is 0 Å². The van der Waals surface area contributed by atoms with E-state index in [0.29, 0.717) is 0 Å². The first kappa shape index (κ1) is 13.6. The van der Waals surface area contributed by atoms with Crippen molar-refractivity contribution in [1.82, 2.24) is 4.90 Å². The van der Waals surface area contributed by atoms with Gasteiger partial charge in [0, 0.05) is 24.8 Å². The number of anilines is 2. The van der Waals surface area contributed by atoms with Gasteiger partial charge in [0.25, 0.3) is 5.69 Å². The van der Waals surface area contributed by atoms with Crippen molar-refractivity contribution in [1.29, 1.82) is 0 Å². The summed E-state index contributed by atoms with van der Waals surface area (Å²) in [5.74, 6) is 0. The average Bonchev–Trinajstić information content (AvgIpc) is 2.39. The van der Waals surface area contributed by atoms with Crippen LogP contribution in [0.25, 0.3) is 0 Å². The molecule has 0 radical (unpaired) electrons. The predicted octanol–water partition coefficient (Wildman–Crippen LogP) is 2.07. The number of hydrogen-bond donors (Lipinski definition) is 2. The minimum Gasteiger partial charge on any atom is -0.393 e. The van der Waals surface area contributed by atoms with E-state index in [1.165, 1.54) is 38.4 Å². The molecule has 0 unspecified atom stereocenters. The normalized spacial score (nSPS) is 16.2. The van der Waals surface area contributed by atoms with Crippen LogP contribution in [-0.2, 0) is 0 Å². The lowest BCUT2D eigenvalue weighted by Gasteiger charge is -2.26. The summed E-state index contributed by atoms with van der Waals surface area (Å²) in [7, 11) is 0. The maximum absolute atomic E-state index is 10.7. The van der Waals surface area contributed by atoms with Crippen LogP contribution in [0.1, 0.15) is 19.3 Å². The number of benzene rings is 1. The molecule has 0 saturated carbocycles. The van der Waals surface area contributed by atoms with Gasteiger partial charge in [-0.25, -0.2) is 0 Å². The van der Waals surface area contributed by atoms with Crippen LogP contribution < -0.4 is 11.1 Å². The molecule has 0 spiro atoms. The van der Waals surface area contributed by atoms with Gasteiger partial charge in [0.2, 0.25) is 0 Å². The number of nitrogen functional groups attached to an aromatic ring is 1. The number of rotatable bonds is 5. The monoisotopic (exact) mass is 264 g/mol. The van der Waals surface area contributed by atoms with Crippen molar-refractivity contribution >= 4 is 17.1 Å². The molecular weight excluding hydrogens is 244 g/mol. The van der Waals surface area contributed by atoms with Gasteiger partial charge < -0.3 is 16.0 Å². The molecule has 1 saturated heterocycles. The minimum absolute atomic E-state index is 0.0402. The molecule has 1 aliphatic rings. The van der Waals surface area contributed by atoms with E-state index >= 15 is 0 Å². The second-order valence-electron chi connectivity index (χ2n) is 4.86. The largest absolute Gasteiger partial charge is 0.393 e. The summed E-state index contributed by atoms with van der Waals surface area (Å²) in [6, 6.07) is 4.76. The van der Waals surface area contributed by atoms with Crippen LogP contribution in [0.4, 0.5) is 17.1 Å². The fraction of sp³-hybridized carbons (Fsp3) is 0.538. The lowest BCUT2D eigenvalue weighted by Crippen LogP contribution is -2.33. The summed E-state index contributed by atoms with van der Waals surface area (Å²) in [6.45, 7) is 4.17. The van der Waals surface area contributed by atoms with Crippen molar-refractivity contribution in [3.05, 3.63) is 28.3 Å². The molecule has 6 nitrogen and oxygen atoms in total. The van der Waals surface area contributed by atoms with Crippen LogP contribution in [0, 0.1) is 10.1 Å². The highest BCUT2D eigenvalue weighted by Crippen LogP contribution is 2.24. The molecule has 0 amide bonds. The van der Waals surface area contributed by atoms with Crippen LogP contribution >= 0.6 is 0 Å². The SMILES string of the molecule is Nc1cc(NCCN2CCCCC2)ccc1[N+](=O)[O-]. The van der Waals surface area contributed by atoms with E-state index in [1.807, 2.05) is 0 Å². The van der Waals surface area contributed by atoms with Gasteiger partial charge in [-0.05, 0) is 38.1 Å². The molecule has 0 bridgehead atoms. The molecule has 104 valence electrons. The zero-order valence-corrected chi connectivity index (χ0v) is 11.0. The summed E-state index contributed by atoms with van der Waals surface area (Å²) in [4.78, 5) is 12.6. The molecule has 1 aliphatic heterocycles. The van der Waals surface area contributed by atoms with Crippen molar-refractivity contribution in [2.45, 2.75) is 19.3 Å². The van der Waals surface area contributed by atoms with E-state index in [4.69, 9.17) is 5.73 Å². The highest BCUT2D eigenvalue weighted by molar-refractivity contribution is 5.65. The Labute approximate surface area is 112 Å². The zero-order valence-electron chi connectivity index (χ0n) is 11.0. The number of nitro groups is 1. The molecule has 0 aliphatic carbocycles. The highest BCUT2D eigenvalue weighted by atomic mass is 16.6. The molecule has 19 heavy (non-hydrogen) atoms. The first-order valence-corrected chi connectivity index (χ1v) is 6.67. The second-order valence-corrected chi connectivity index (χ2v) is 4.86. The van der Waals surface area contributed by atoms with Crippen molar-refractivity contribution in [3.8, 4) is 0 Å². The summed E-state index contributed by atoms with van der Waals surface area (Å²) in [5.41, 5.74) is 6.64. The topological polar surface area (TPSA) is 84.4 Å². The number of nitrogens with zero attached hydrogens (tertiary/aromatic N) is 2. The van der Waals surface area contributed by atoms with Crippen LogP contribution in [0.15, 0.2) is 18.2 Å². The van der Waals surface area contributed by atoms with E-state index in [9.17, 15) is 10.1 Å². The predicted molar refractivity (Wildman–Crippen MR) is 76.3 cm³/mol. The van der Waals surface area contributed by atoms with E-state index < -0.39 is 4.92 Å². The van der Waals surface area contributed by atoms with Crippen LogP contribution in [0.3, 0.4) is 0 Å². The minimum atomic E-state index is -0.465. The van der Waals surface area contributed by atoms with Gasteiger partial charge in [-0.2, -0.15) is 0 Å². The molecule has 1 aromatic rings. The Bertz CT molecular complexity index is 444. The molecule has 1 fully saturated rings. The molecular formula is C13H20N4O2. The molecule has 2 rings (SSSR count). The maximum atomic E-state index is 10.7. The van der Waals surface area contributed by atoms with E-state index in [0.717, 1.165) is 18.8 Å². The average molecular weight is 264 g/mol. The molecule has 0 aromatic heterocycles. The van der Waals surface area contributed by atoms with Gasteiger partial charge in [0.05, 0.1) is 4.92 Å². The molecule has 3 N–H and O–H groups in total. The Hall–Kier alpha value is -1.82. The smallest absolute Gasteiger partial charge is 0.292 e. The van der Waals surface area contributed by atoms with Gasteiger partial charge in [-0.3, -0.25) is 10.1 Å². The summed E-state index contributed by atoms with van der Waals surface area (Å²) in [5, 5.41) is 13.9. The first-order chi connectivity index (χ1) is 9.16. The van der Waals surface area contributed by atoms with Crippen molar-refractivity contribution < 1.29 is 4.92 Å². The maximum Gasteiger partial charge on any atom is 0.292 e. The fourth-order valence-corrected chi connectivity index (χ4v) is 2.37. The quantitative estimate of drug-likeness (QED) is 0.483. The zero-order chi connectivity index (χ0) is 13.7. The number of nitrogens with one attached hydrogen (secondary N) is 1. The van der Waals surface area contributed by atoms with Crippen LogP contribution in [0.5, 0.6) is 0 Å². The molecule has 1 aromatic carbocycles. The Morgan fingerprint density at radius 3 is 2.68 bits per heavy atom. The Kier molecular flexibility index (Phi) is 4.57. The van der Waals surface area contributed by atoms with E-state index in [1.54, 1.807) is 12.1 Å². The Balaban J connectivity index is 1.82. The number of hydrogen-bond acceptors (Lipinski definition) is 5. The standard InChI is InChI=1S/C13H20N4O2/c14-12-10-11(4-5-13(12)17(18)19)15-6-9-16-7-2-1-3-8-16/h4-5,10,15H,1-3,6-9,14H2. The van der Waals surface area contributed by atoms with Crippen molar-refractivity contribution in [3.63, 3.8) is 0 Å². The lowest BCUT2D eigenvalue weighted by atomic mass is 10.1. The fourth-order valence-electron chi connectivity index (χ4n) is 2.37. The Morgan fingerprint density at radius 2 is 2.05 bits per heavy atom. The van der Waals surface area contributed by atoms with E-state index in [-0.39, 0.29) is 11.4 Å². The number of piperidine rings is 1. The third-order valence-corrected chi connectivity index (χ3v) is 3.43. The van der Waals surface area contributed by atoms with Gasteiger partial charge in [0.1, 0.15) is 5.69 Å². The summed E-state index contributed by atoms with van der Waals surface area (Å²) < 4.78 is 0. The Morgan fingerprint density at radius 1 is 1.32 bits per heavy atom. The second kappa shape index (κ2) is 6.38. The van der Waals surface area contributed by atoms with Crippen LogP contribution in [0.2, 0.25) is 0 Å². The summed E-state index contributed by atoms with van der Waals surface area (Å²) in [6.07, 6.45) is 3.90. The molecule has 6 heteroatoms. The van der Waals surface area contributed by atoms with E-state index in [2.05, 4.69) is 10.2 Å². The van der Waals surface area contributed by atoms with Gasteiger partial charge in [-0.1, -0.05) is 6.42 Å². The van der Waals surface area contributed by atoms with Crippen molar-refractivity contribution in [2.24, 2.45) is 0 Å². The van der Waals surface area contributed by atoms with Gasteiger partial charge >= 0.3 is 0 Å². The number of nitro benzene ring substituents is 1. The number of likely N-dealkylation sites (tertiary alicyclic amines) is 1. The third-order valence-electron chi connectivity index (χ3n) is 3.43. The first-order valence-electron chi connectivity index (χ1n) is 6.67. The van der Waals surface area contributed by atoms with Crippen molar-refractivity contribution in [2.75, 3.05) is 37.2 Å².